The monoisotopic (exact) mass is 881 g/mol. The minimum atomic E-state index is -0.337. The van der Waals surface area contributed by atoms with Crippen molar-refractivity contribution in [1.29, 1.82) is 0 Å². The SMILES string of the molecule is CCC(C)(CC)C(=O)/C=C(\O)C(C)(CC)CC.Cc1cc(C)c2c(c1)nc(-c1[c-]c3ccccc3c(C(C)(C)C)c1)c1cc(CC(C)(C)C)oc12.[Ir]. The Morgan fingerprint density at radius 1 is 0.827 bits per heavy atom. The van der Waals surface area contributed by atoms with Crippen LogP contribution in [0.5, 0.6) is 0 Å². The van der Waals surface area contributed by atoms with Crippen molar-refractivity contribution >= 4 is 38.4 Å². The molecule has 5 aromatic rings. The molecule has 0 unspecified atom stereocenters. The number of carbonyl (C=O) groups excluding carboxylic acids is 1. The van der Waals surface area contributed by atoms with Gasteiger partial charge < -0.3 is 9.52 Å². The van der Waals surface area contributed by atoms with Crippen LogP contribution in [0, 0.1) is 36.2 Å². The van der Waals surface area contributed by atoms with Crippen molar-refractivity contribution in [2.45, 2.75) is 134 Å². The van der Waals surface area contributed by atoms with Gasteiger partial charge in [0.2, 0.25) is 0 Å². The molecule has 0 aliphatic rings. The molecule has 2 heterocycles. The Labute approximate surface area is 327 Å². The Balaban J connectivity index is 0.000000347. The van der Waals surface area contributed by atoms with Crippen LogP contribution < -0.4 is 0 Å². The van der Waals surface area contributed by atoms with Crippen molar-refractivity contribution in [3.05, 3.63) is 88.9 Å². The molecule has 0 atom stereocenters. The van der Waals surface area contributed by atoms with Gasteiger partial charge in [-0.2, -0.15) is 0 Å². The van der Waals surface area contributed by atoms with E-state index in [9.17, 15) is 9.90 Å². The fraction of sp³-hybridized carbons (Fsp3) is 0.489. The Morgan fingerprint density at radius 2 is 1.42 bits per heavy atom. The quantitative estimate of drug-likeness (QED) is 0.0910. The van der Waals surface area contributed by atoms with Crippen LogP contribution in [-0.2, 0) is 36.7 Å². The van der Waals surface area contributed by atoms with Crippen LogP contribution in [0.15, 0.2) is 64.8 Å². The molecule has 0 saturated carbocycles. The first-order valence-corrected chi connectivity index (χ1v) is 18.9. The average Bonchev–Trinajstić information content (AvgIpc) is 3.47. The number of benzene rings is 3. The van der Waals surface area contributed by atoms with Gasteiger partial charge in [-0.15, -0.1) is 29.1 Å². The van der Waals surface area contributed by atoms with E-state index in [-0.39, 0.29) is 53.3 Å². The van der Waals surface area contributed by atoms with Gasteiger partial charge in [0, 0.05) is 59.9 Å². The van der Waals surface area contributed by atoms with Crippen LogP contribution >= 0.6 is 0 Å². The second-order valence-electron chi connectivity index (χ2n) is 17.5. The van der Waals surface area contributed by atoms with Crippen LogP contribution in [0.1, 0.15) is 131 Å². The summed E-state index contributed by atoms with van der Waals surface area (Å²) in [5.74, 6) is 1.30. The number of aliphatic hydroxyl groups excluding tert-OH is 1. The number of aromatic nitrogens is 1. The molecular weight excluding hydrogens is 819 g/mol. The van der Waals surface area contributed by atoms with Crippen molar-refractivity contribution in [2.24, 2.45) is 16.2 Å². The fourth-order valence-electron chi connectivity index (χ4n) is 6.79. The van der Waals surface area contributed by atoms with Gasteiger partial charge in [0.15, 0.2) is 5.78 Å². The number of pyridine rings is 1. The first-order chi connectivity index (χ1) is 23.7. The van der Waals surface area contributed by atoms with Crippen molar-refractivity contribution in [2.75, 3.05) is 0 Å². The first-order valence-electron chi connectivity index (χ1n) is 18.9. The molecule has 0 amide bonds. The van der Waals surface area contributed by atoms with Gasteiger partial charge in [0.05, 0.1) is 5.52 Å². The van der Waals surface area contributed by atoms with Crippen molar-refractivity contribution in [3.8, 4) is 11.3 Å². The van der Waals surface area contributed by atoms with Crippen LogP contribution in [-0.4, -0.2) is 15.9 Å². The van der Waals surface area contributed by atoms with E-state index in [4.69, 9.17) is 9.40 Å². The third kappa shape index (κ3) is 9.26. The first kappa shape index (κ1) is 43.1. The normalized spacial score (nSPS) is 12.9. The largest absolute Gasteiger partial charge is 0.512 e. The van der Waals surface area contributed by atoms with Crippen molar-refractivity contribution in [1.82, 2.24) is 4.98 Å². The number of aryl methyl sites for hydroxylation is 2. The van der Waals surface area contributed by atoms with E-state index in [0.29, 0.717) is 0 Å². The van der Waals surface area contributed by atoms with Gasteiger partial charge in [-0.25, -0.2) is 0 Å². The van der Waals surface area contributed by atoms with Crippen LogP contribution in [0.2, 0.25) is 0 Å². The maximum Gasteiger partial charge on any atom is 0.164 e. The number of aliphatic hydroxyl groups is 1. The summed E-state index contributed by atoms with van der Waals surface area (Å²) >= 11 is 0. The molecule has 3 aromatic carbocycles. The van der Waals surface area contributed by atoms with Gasteiger partial charge in [0.25, 0.3) is 0 Å². The summed E-state index contributed by atoms with van der Waals surface area (Å²) in [5.41, 5.74) is 7.16. The number of carbonyl (C=O) groups is 1. The van der Waals surface area contributed by atoms with E-state index in [2.05, 4.69) is 110 Å². The molecule has 1 radical (unpaired) electrons. The molecule has 0 spiro atoms. The molecule has 52 heavy (non-hydrogen) atoms. The second kappa shape index (κ2) is 16.4. The summed E-state index contributed by atoms with van der Waals surface area (Å²) in [4.78, 5) is 17.4. The van der Waals surface area contributed by atoms with Gasteiger partial charge in [0.1, 0.15) is 17.1 Å². The number of hydrogen-bond donors (Lipinski definition) is 1. The molecule has 4 nitrogen and oxygen atoms in total. The Morgan fingerprint density at radius 3 is 1.98 bits per heavy atom. The summed E-state index contributed by atoms with van der Waals surface area (Å²) in [7, 11) is 0. The number of rotatable bonds is 9. The van der Waals surface area contributed by atoms with E-state index in [0.717, 1.165) is 76.4 Å². The summed E-state index contributed by atoms with van der Waals surface area (Å²) < 4.78 is 6.57. The summed E-state index contributed by atoms with van der Waals surface area (Å²) in [6, 6.07) is 21.1. The smallest absolute Gasteiger partial charge is 0.164 e. The molecule has 0 aliphatic heterocycles. The summed E-state index contributed by atoms with van der Waals surface area (Å²) in [6.07, 6.45) is 5.63. The molecule has 0 saturated heterocycles. The Kier molecular flexibility index (Phi) is 13.6. The number of nitrogens with zero attached hydrogens (tertiary/aromatic N) is 1. The van der Waals surface area contributed by atoms with Gasteiger partial charge >= 0.3 is 0 Å². The van der Waals surface area contributed by atoms with E-state index < -0.39 is 0 Å². The molecule has 0 aliphatic carbocycles. The average molecular weight is 881 g/mol. The third-order valence-electron chi connectivity index (χ3n) is 11.1. The molecule has 5 rings (SSSR count). The zero-order chi connectivity index (χ0) is 38.1. The number of ketones is 1. The van der Waals surface area contributed by atoms with Crippen LogP contribution in [0.4, 0.5) is 0 Å². The van der Waals surface area contributed by atoms with E-state index in [1.807, 2.05) is 41.5 Å². The maximum absolute atomic E-state index is 12.2. The topological polar surface area (TPSA) is 63.3 Å². The number of hydrogen-bond acceptors (Lipinski definition) is 4. The van der Waals surface area contributed by atoms with Gasteiger partial charge in [-0.05, 0) is 73.6 Å². The number of allylic oxidation sites excluding steroid dienone is 2. The molecule has 0 bridgehead atoms. The third-order valence-corrected chi connectivity index (χ3v) is 11.1. The van der Waals surface area contributed by atoms with Crippen molar-refractivity contribution < 1.29 is 34.4 Å². The molecule has 1 N–H and O–H groups in total. The molecule has 5 heteroatoms. The molecule has 2 aromatic heterocycles. The minimum absolute atomic E-state index is 0. The molecule has 0 fully saturated rings. The zero-order valence-electron chi connectivity index (χ0n) is 34.3. The summed E-state index contributed by atoms with van der Waals surface area (Å²) in [5, 5.41) is 14.7. The Hall–Kier alpha value is -3.27. The predicted molar refractivity (Wildman–Crippen MR) is 218 cm³/mol. The van der Waals surface area contributed by atoms with Crippen LogP contribution in [0.25, 0.3) is 43.9 Å². The zero-order valence-corrected chi connectivity index (χ0v) is 36.7. The minimum Gasteiger partial charge on any atom is -0.512 e. The van der Waals surface area contributed by atoms with E-state index in [1.54, 1.807) is 0 Å². The predicted octanol–water partition coefficient (Wildman–Crippen LogP) is 13.8. The van der Waals surface area contributed by atoms with E-state index in [1.165, 1.54) is 28.2 Å². The molecule has 283 valence electrons. The van der Waals surface area contributed by atoms with Crippen molar-refractivity contribution in [3.63, 3.8) is 0 Å². The summed E-state index contributed by atoms with van der Waals surface area (Å²) in [6.45, 7) is 29.9. The van der Waals surface area contributed by atoms with Gasteiger partial charge in [-0.1, -0.05) is 118 Å². The standard InChI is InChI=1S/C32H34NO.C15H28O2.Ir/c1-19-13-20(2)28-27(14-19)33-29(25-17-23(34-30(25)28)18-31(3,4)5)22-15-21-11-9-10-12-24(21)26(16-22)32(6,7)8;1-7-14(5,8-2)12(16)11-13(17)15(6,9-3)10-4;/h9-14,16-17H,18H2,1-8H3;11,16H,7-10H2,1-6H3;/q-1;;/b;12-11-;. The second-order valence-corrected chi connectivity index (χ2v) is 17.5. The fourth-order valence-corrected chi connectivity index (χ4v) is 6.79. The van der Waals surface area contributed by atoms with Crippen LogP contribution in [0.3, 0.4) is 0 Å². The van der Waals surface area contributed by atoms with Gasteiger partial charge in [-0.3, -0.25) is 9.78 Å². The number of fused-ring (bicyclic) bond motifs is 4. The Bertz CT molecular complexity index is 2060. The number of furan rings is 1. The maximum atomic E-state index is 12.2. The molecular formula is C47H62IrNO3-. The van der Waals surface area contributed by atoms with E-state index >= 15 is 0 Å².